The summed E-state index contributed by atoms with van der Waals surface area (Å²) in [4.78, 5) is 23.1. The van der Waals surface area contributed by atoms with E-state index in [0.717, 1.165) is 12.1 Å². The van der Waals surface area contributed by atoms with Crippen LogP contribution >= 0.6 is 15.9 Å². The molecule has 20 heavy (non-hydrogen) atoms. The third-order valence-corrected chi connectivity index (χ3v) is 4.20. The maximum Gasteiger partial charge on any atom is 0.308 e. The standard InChI is InChI=1S/C12H12BrFN2O4/c1-6-7(12(17)18)2-3-15(6)10-5-9(14)8(13)4-11(10)16(19)20/h4-7H,2-3H2,1H3,(H,17,18). The SMILES string of the molecule is CC1C(C(=O)O)CCN1c1cc(F)c(Br)cc1[N+](=O)[O-]. The lowest BCUT2D eigenvalue weighted by atomic mass is 10.0. The average Bonchev–Trinajstić information content (AvgIpc) is 2.73. The van der Waals surface area contributed by atoms with E-state index in [0.29, 0.717) is 13.0 Å². The highest BCUT2D eigenvalue weighted by molar-refractivity contribution is 9.10. The highest BCUT2D eigenvalue weighted by Gasteiger charge is 2.38. The Balaban J connectivity index is 2.45. The molecule has 1 N–H and O–H groups in total. The fourth-order valence-corrected chi connectivity index (χ4v) is 2.84. The van der Waals surface area contributed by atoms with E-state index in [-0.39, 0.29) is 15.8 Å². The van der Waals surface area contributed by atoms with E-state index < -0.39 is 28.7 Å². The Kier molecular flexibility index (Phi) is 3.94. The summed E-state index contributed by atoms with van der Waals surface area (Å²) in [7, 11) is 0. The molecular formula is C12H12BrFN2O4. The highest BCUT2D eigenvalue weighted by atomic mass is 79.9. The molecule has 1 aromatic rings. The number of carboxylic acid groups (broad SMARTS) is 1. The van der Waals surface area contributed by atoms with E-state index >= 15 is 0 Å². The number of anilines is 1. The van der Waals surface area contributed by atoms with E-state index in [2.05, 4.69) is 15.9 Å². The molecule has 1 aliphatic rings. The second-order valence-corrected chi connectivity index (χ2v) is 5.53. The van der Waals surface area contributed by atoms with Crippen LogP contribution in [-0.2, 0) is 4.79 Å². The van der Waals surface area contributed by atoms with E-state index in [1.165, 1.54) is 0 Å². The van der Waals surface area contributed by atoms with Gasteiger partial charge >= 0.3 is 5.97 Å². The number of benzene rings is 1. The number of carbonyl (C=O) groups is 1. The average molecular weight is 347 g/mol. The van der Waals surface area contributed by atoms with Gasteiger partial charge in [0.05, 0.1) is 15.3 Å². The maximum atomic E-state index is 13.6. The van der Waals surface area contributed by atoms with Crippen LogP contribution in [0.5, 0.6) is 0 Å². The number of carboxylic acids is 1. The summed E-state index contributed by atoms with van der Waals surface area (Å²) in [6.07, 6.45) is 0.380. The fraction of sp³-hybridized carbons (Fsp3) is 0.417. The molecule has 0 aromatic heterocycles. The molecule has 0 spiro atoms. The van der Waals surface area contributed by atoms with Crippen molar-refractivity contribution in [2.75, 3.05) is 11.4 Å². The quantitative estimate of drug-likeness (QED) is 0.671. The van der Waals surface area contributed by atoms with E-state index in [1.807, 2.05) is 0 Å². The Hall–Kier alpha value is -1.70. The van der Waals surface area contributed by atoms with Gasteiger partial charge in [-0.05, 0) is 29.3 Å². The predicted octanol–water partition coefficient (Wildman–Crippen LogP) is 2.80. The van der Waals surface area contributed by atoms with Crippen molar-refractivity contribution in [2.45, 2.75) is 19.4 Å². The van der Waals surface area contributed by atoms with Crippen molar-refractivity contribution in [3.8, 4) is 0 Å². The first-order valence-electron chi connectivity index (χ1n) is 5.95. The first-order chi connectivity index (χ1) is 9.32. The summed E-state index contributed by atoms with van der Waals surface area (Å²) in [5, 5.41) is 20.2. The molecule has 6 nitrogen and oxygen atoms in total. The smallest absolute Gasteiger partial charge is 0.308 e. The van der Waals surface area contributed by atoms with Gasteiger partial charge in [-0.3, -0.25) is 14.9 Å². The van der Waals surface area contributed by atoms with Crippen LogP contribution in [0, 0.1) is 21.8 Å². The largest absolute Gasteiger partial charge is 0.481 e. The Morgan fingerprint density at radius 2 is 2.25 bits per heavy atom. The van der Waals surface area contributed by atoms with Gasteiger partial charge < -0.3 is 10.0 Å². The van der Waals surface area contributed by atoms with Gasteiger partial charge in [-0.2, -0.15) is 0 Å². The van der Waals surface area contributed by atoms with Crippen LogP contribution in [0.1, 0.15) is 13.3 Å². The Morgan fingerprint density at radius 1 is 1.60 bits per heavy atom. The Morgan fingerprint density at radius 3 is 2.75 bits per heavy atom. The molecule has 108 valence electrons. The molecule has 0 radical (unpaired) electrons. The van der Waals surface area contributed by atoms with Crippen LogP contribution in [0.3, 0.4) is 0 Å². The highest BCUT2D eigenvalue weighted by Crippen LogP contribution is 2.38. The van der Waals surface area contributed by atoms with Crippen molar-refractivity contribution in [1.82, 2.24) is 0 Å². The molecule has 2 rings (SSSR count). The third-order valence-electron chi connectivity index (χ3n) is 3.60. The van der Waals surface area contributed by atoms with Gasteiger partial charge in [0.25, 0.3) is 5.69 Å². The lowest BCUT2D eigenvalue weighted by molar-refractivity contribution is -0.384. The normalized spacial score (nSPS) is 22.1. The Bertz CT molecular complexity index is 581. The second-order valence-electron chi connectivity index (χ2n) is 4.68. The third kappa shape index (κ3) is 2.47. The van der Waals surface area contributed by atoms with Gasteiger partial charge in [-0.15, -0.1) is 0 Å². The summed E-state index contributed by atoms with van der Waals surface area (Å²) in [6.45, 7) is 2.02. The zero-order chi connectivity index (χ0) is 15.0. The molecule has 1 saturated heterocycles. The van der Waals surface area contributed by atoms with Crippen LogP contribution in [0.15, 0.2) is 16.6 Å². The topological polar surface area (TPSA) is 83.7 Å². The summed E-state index contributed by atoms with van der Waals surface area (Å²) >= 11 is 2.92. The van der Waals surface area contributed by atoms with Gasteiger partial charge in [0.2, 0.25) is 0 Å². The monoisotopic (exact) mass is 346 g/mol. The van der Waals surface area contributed by atoms with E-state index in [4.69, 9.17) is 5.11 Å². The van der Waals surface area contributed by atoms with Crippen molar-refractivity contribution in [3.63, 3.8) is 0 Å². The molecule has 2 unspecified atom stereocenters. The first-order valence-corrected chi connectivity index (χ1v) is 6.75. The van der Waals surface area contributed by atoms with Crippen molar-refractivity contribution >= 4 is 33.3 Å². The minimum atomic E-state index is -0.944. The molecule has 0 aliphatic carbocycles. The number of halogens is 2. The molecule has 1 aromatic carbocycles. The predicted molar refractivity (Wildman–Crippen MR) is 73.3 cm³/mol. The van der Waals surface area contributed by atoms with Crippen LogP contribution in [0.4, 0.5) is 15.8 Å². The molecule has 1 heterocycles. The summed E-state index contributed by atoms with van der Waals surface area (Å²) < 4.78 is 13.7. The summed E-state index contributed by atoms with van der Waals surface area (Å²) in [5.41, 5.74) is -0.122. The molecule has 0 bridgehead atoms. The molecular weight excluding hydrogens is 335 g/mol. The van der Waals surface area contributed by atoms with Crippen molar-refractivity contribution < 1.29 is 19.2 Å². The second kappa shape index (κ2) is 5.35. The minimum absolute atomic E-state index is 0.00887. The molecule has 0 amide bonds. The lowest BCUT2D eigenvalue weighted by Gasteiger charge is -2.25. The van der Waals surface area contributed by atoms with Gasteiger partial charge in [0, 0.05) is 24.7 Å². The van der Waals surface area contributed by atoms with Crippen molar-refractivity contribution in [3.05, 3.63) is 32.5 Å². The molecule has 8 heteroatoms. The zero-order valence-corrected chi connectivity index (χ0v) is 12.1. The Labute approximate surface area is 122 Å². The number of rotatable bonds is 3. The maximum absolute atomic E-state index is 13.6. The molecule has 1 aliphatic heterocycles. The molecule has 0 saturated carbocycles. The number of nitrogens with zero attached hydrogens (tertiary/aromatic N) is 2. The summed E-state index contributed by atoms with van der Waals surface area (Å²) in [5.74, 6) is -2.17. The van der Waals surface area contributed by atoms with Crippen LogP contribution in [0.2, 0.25) is 0 Å². The van der Waals surface area contributed by atoms with Gasteiger partial charge in [0.15, 0.2) is 0 Å². The van der Waals surface area contributed by atoms with E-state index in [9.17, 15) is 19.3 Å². The van der Waals surface area contributed by atoms with Crippen LogP contribution in [-0.4, -0.2) is 28.6 Å². The molecule has 2 atom stereocenters. The van der Waals surface area contributed by atoms with Crippen molar-refractivity contribution in [2.24, 2.45) is 5.92 Å². The van der Waals surface area contributed by atoms with E-state index in [1.54, 1.807) is 11.8 Å². The number of nitro benzene ring substituents is 1. The molecule has 1 fully saturated rings. The van der Waals surface area contributed by atoms with Crippen molar-refractivity contribution in [1.29, 1.82) is 0 Å². The zero-order valence-electron chi connectivity index (χ0n) is 10.5. The van der Waals surface area contributed by atoms with Gasteiger partial charge in [-0.1, -0.05) is 0 Å². The van der Waals surface area contributed by atoms with Gasteiger partial charge in [0.1, 0.15) is 11.5 Å². The number of hydrogen-bond acceptors (Lipinski definition) is 4. The van der Waals surface area contributed by atoms with Crippen LogP contribution < -0.4 is 4.90 Å². The fourth-order valence-electron chi connectivity index (χ4n) is 2.51. The number of aliphatic carboxylic acids is 1. The lowest BCUT2D eigenvalue weighted by Crippen LogP contribution is -2.33. The van der Waals surface area contributed by atoms with Crippen LogP contribution in [0.25, 0.3) is 0 Å². The summed E-state index contributed by atoms with van der Waals surface area (Å²) in [6, 6.07) is 1.75. The number of nitro groups is 1. The number of hydrogen-bond donors (Lipinski definition) is 1. The minimum Gasteiger partial charge on any atom is -0.481 e. The first kappa shape index (κ1) is 14.7. The van der Waals surface area contributed by atoms with Gasteiger partial charge in [-0.25, -0.2) is 4.39 Å².